The second-order valence-electron chi connectivity index (χ2n) is 3.92. The molecule has 0 spiro atoms. The molecule has 0 aliphatic rings. The lowest BCUT2D eigenvalue weighted by molar-refractivity contribution is 0.414. The number of nitrogens with two attached hydrogens (primary N) is 1. The van der Waals surface area contributed by atoms with Crippen LogP contribution < -0.4 is 16.0 Å². The molecular weight excluding hydrogens is 360 g/mol. The van der Waals surface area contributed by atoms with Gasteiger partial charge in [0.05, 0.1) is 13.3 Å². The van der Waals surface area contributed by atoms with Gasteiger partial charge < -0.3 is 10.6 Å². The number of rotatable bonds is 5. The van der Waals surface area contributed by atoms with Crippen LogP contribution in [0.15, 0.2) is 27.8 Å². The number of anilines is 1. The smallest absolute Gasteiger partial charge is 0.263 e. The van der Waals surface area contributed by atoms with E-state index in [0.717, 1.165) is 15.8 Å². The van der Waals surface area contributed by atoms with Crippen LogP contribution in [0.25, 0.3) is 0 Å². The molecule has 0 bridgehead atoms. The summed E-state index contributed by atoms with van der Waals surface area (Å²) in [5.41, 5.74) is 3.58. The van der Waals surface area contributed by atoms with Crippen LogP contribution >= 0.6 is 28.3 Å². The van der Waals surface area contributed by atoms with E-state index in [2.05, 4.69) is 36.7 Å². The zero-order chi connectivity index (χ0) is 14.5. The predicted octanol–water partition coefficient (Wildman–Crippen LogP) is 2.19. The van der Waals surface area contributed by atoms with E-state index < -0.39 is 0 Å². The lowest BCUT2D eigenvalue weighted by Gasteiger charge is -2.05. The molecule has 9 heteroatoms. The van der Waals surface area contributed by atoms with Crippen molar-refractivity contribution in [1.29, 1.82) is 0 Å². The number of methoxy groups -OCH3 is 1. The highest BCUT2D eigenvalue weighted by molar-refractivity contribution is 9.10. The standard InChI is InChI=1S/C12H15BrN6O.ClH/c1-3-11-16-18-12(19(11)14)17-15-7-8-6-9(13)4-5-10(8)20-2;/h4-7H,3,14H2,1-2H3,(H,17,18);1H/b15-7+;. The van der Waals surface area contributed by atoms with Gasteiger partial charge in [-0.3, -0.25) is 0 Å². The van der Waals surface area contributed by atoms with Crippen LogP contribution in [0.3, 0.4) is 0 Å². The molecule has 1 aromatic carbocycles. The number of nitrogens with one attached hydrogen (secondary N) is 1. The number of nitrogens with zero attached hydrogens (tertiary/aromatic N) is 4. The van der Waals surface area contributed by atoms with Crippen LogP contribution in [-0.2, 0) is 6.42 Å². The molecule has 3 N–H and O–H groups in total. The normalized spacial score (nSPS) is 10.4. The van der Waals surface area contributed by atoms with E-state index in [9.17, 15) is 0 Å². The molecule has 0 aliphatic carbocycles. The van der Waals surface area contributed by atoms with E-state index in [1.807, 2.05) is 25.1 Å². The molecule has 1 aromatic heterocycles. The van der Waals surface area contributed by atoms with Crippen molar-refractivity contribution in [3.05, 3.63) is 34.1 Å². The zero-order valence-electron chi connectivity index (χ0n) is 11.6. The van der Waals surface area contributed by atoms with Gasteiger partial charge in [-0.25, -0.2) is 10.1 Å². The maximum atomic E-state index is 5.80. The number of aromatic nitrogens is 3. The number of nitrogen functional groups attached to an aromatic ring is 1. The minimum atomic E-state index is 0. The Morgan fingerprint density at radius 3 is 2.86 bits per heavy atom. The monoisotopic (exact) mass is 374 g/mol. The number of hydrazone groups is 1. The second-order valence-corrected chi connectivity index (χ2v) is 4.84. The first-order chi connectivity index (χ1) is 9.65. The number of hydrogen-bond donors (Lipinski definition) is 2. The van der Waals surface area contributed by atoms with Gasteiger partial charge in [-0.15, -0.1) is 22.6 Å². The average molecular weight is 376 g/mol. The third-order valence-electron chi connectivity index (χ3n) is 2.64. The molecule has 21 heavy (non-hydrogen) atoms. The molecule has 0 saturated heterocycles. The molecule has 0 saturated carbocycles. The minimum Gasteiger partial charge on any atom is -0.496 e. The van der Waals surface area contributed by atoms with Gasteiger partial charge in [0.1, 0.15) is 5.75 Å². The summed E-state index contributed by atoms with van der Waals surface area (Å²) >= 11 is 3.40. The Bertz CT molecular complexity index is 630. The van der Waals surface area contributed by atoms with E-state index in [4.69, 9.17) is 10.6 Å². The van der Waals surface area contributed by atoms with Crippen LogP contribution in [-0.4, -0.2) is 28.2 Å². The largest absolute Gasteiger partial charge is 0.496 e. The zero-order valence-corrected chi connectivity index (χ0v) is 14.0. The Kier molecular flexibility index (Phi) is 6.44. The molecule has 2 rings (SSSR count). The van der Waals surface area contributed by atoms with E-state index in [0.29, 0.717) is 18.2 Å². The Balaban J connectivity index is 0.00000220. The summed E-state index contributed by atoms with van der Waals surface area (Å²) in [7, 11) is 1.61. The fourth-order valence-corrected chi connectivity index (χ4v) is 1.99. The quantitative estimate of drug-likeness (QED) is 0.475. The summed E-state index contributed by atoms with van der Waals surface area (Å²) < 4.78 is 7.56. The molecule has 0 fully saturated rings. The summed E-state index contributed by atoms with van der Waals surface area (Å²) in [6.45, 7) is 1.95. The molecule has 0 aliphatic heterocycles. The first kappa shape index (κ1) is 17.3. The summed E-state index contributed by atoms with van der Waals surface area (Å²) in [6, 6.07) is 5.65. The number of halogens is 2. The Labute approximate surface area is 137 Å². The van der Waals surface area contributed by atoms with Gasteiger partial charge in [-0.2, -0.15) is 5.10 Å². The fraction of sp³-hybridized carbons (Fsp3) is 0.250. The molecule has 0 unspecified atom stereocenters. The Morgan fingerprint density at radius 1 is 1.48 bits per heavy atom. The van der Waals surface area contributed by atoms with Gasteiger partial charge in [0, 0.05) is 16.5 Å². The van der Waals surface area contributed by atoms with Gasteiger partial charge >= 0.3 is 0 Å². The van der Waals surface area contributed by atoms with Crippen molar-refractivity contribution in [2.45, 2.75) is 13.3 Å². The van der Waals surface area contributed by atoms with E-state index in [1.54, 1.807) is 13.3 Å². The van der Waals surface area contributed by atoms with Crippen molar-refractivity contribution in [2.75, 3.05) is 18.4 Å². The Hall–Kier alpha value is -1.80. The van der Waals surface area contributed by atoms with Gasteiger partial charge in [0.2, 0.25) is 0 Å². The van der Waals surface area contributed by atoms with E-state index in [1.165, 1.54) is 4.68 Å². The topological polar surface area (TPSA) is 90.4 Å². The molecule has 114 valence electrons. The van der Waals surface area contributed by atoms with Crippen molar-refractivity contribution in [1.82, 2.24) is 14.9 Å². The number of aryl methyl sites for hydroxylation is 1. The van der Waals surface area contributed by atoms with Crippen LogP contribution in [0.1, 0.15) is 18.3 Å². The molecular formula is C12H16BrClN6O. The number of ether oxygens (including phenoxy) is 1. The van der Waals surface area contributed by atoms with Crippen molar-refractivity contribution >= 4 is 40.5 Å². The molecule has 7 nitrogen and oxygen atoms in total. The van der Waals surface area contributed by atoms with E-state index >= 15 is 0 Å². The summed E-state index contributed by atoms with van der Waals surface area (Å²) in [6.07, 6.45) is 2.33. The summed E-state index contributed by atoms with van der Waals surface area (Å²) in [5.74, 6) is 7.59. The first-order valence-electron chi connectivity index (χ1n) is 5.97. The summed E-state index contributed by atoms with van der Waals surface area (Å²) in [5, 5.41) is 11.9. The highest BCUT2D eigenvalue weighted by Crippen LogP contribution is 2.21. The van der Waals surface area contributed by atoms with Crippen LogP contribution in [0, 0.1) is 0 Å². The third kappa shape index (κ3) is 4.08. The molecule has 1 heterocycles. The highest BCUT2D eigenvalue weighted by Gasteiger charge is 2.06. The van der Waals surface area contributed by atoms with Crippen LogP contribution in [0.2, 0.25) is 0 Å². The van der Waals surface area contributed by atoms with E-state index in [-0.39, 0.29) is 12.4 Å². The minimum absolute atomic E-state index is 0. The summed E-state index contributed by atoms with van der Waals surface area (Å²) in [4.78, 5) is 0. The third-order valence-corrected chi connectivity index (χ3v) is 3.14. The van der Waals surface area contributed by atoms with Crippen molar-refractivity contribution < 1.29 is 4.74 Å². The SMILES string of the molecule is CCc1nnc(N/N=C/c2cc(Br)ccc2OC)n1N.Cl. The van der Waals surface area contributed by atoms with Crippen LogP contribution in [0.5, 0.6) is 5.75 Å². The second kappa shape index (κ2) is 7.84. The van der Waals surface area contributed by atoms with Gasteiger partial charge in [-0.05, 0) is 18.2 Å². The van der Waals surface area contributed by atoms with Crippen molar-refractivity contribution in [3.63, 3.8) is 0 Å². The number of hydrogen-bond acceptors (Lipinski definition) is 6. The molecule has 0 atom stereocenters. The van der Waals surface area contributed by atoms with Crippen molar-refractivity contribution in [3.8, 4) is 5.75 Å². The Morgan fingerprint density at radius 2 is 2.24 bits per heavy atom. The lowest BCUT2D eigenvalue weighted by Crippen LogP contribution is -2.14. The van der Waals surface area contributed by atoms with Crippen LogP contribution in [0.4, 0.5) is 5.95 Å². The molecule has 2 aromatic rings. The van der Waals surface area contributed by atoms with Gasteiger partial charge in [0.25, 0.3) is 5.95 Å². The van der Waals surface area contributed by atoms with Gasteiger partial charge in [-0.1, -0.05) is 22.9 Å². The highest BCUT2D eigenvalue weighted by atomic mass is 79.9. The predicted molar refractivity (Wildman–Crippen MR) is 88.7 cm³/mol. The maximum absolute atomic E-state index is 5.80. The van der Waals surface area contributed by atoms with Gasteiger partial charge in [0.15, 0.2) is 5.82 Å². The van der Waals surface area contributed by atoms with Crippen molar-refractivity contribution in [2.24, 2.45) is 5.10 Å². The fourth-order valence-electron chi connectivity index (χ4n) is 1.61. The maximum Gasteiger partial charge on any atom is 0.263 e. The molecule has 0 radical (unpaired) electrons. The average Bonchev–Trinajstić information content (AvgIpc) is 2.80. The lowest BCUT2D eigenvalue weighted by atomic mass is 10.2. The molecule has 0 amide bonds. The number of benzene rings is 1. The first-order valence-corrected chi connectivity index (χ1v) is 6.77.